The molecule has 15 heavy (non-hydrogen) atoms. The van der Waals surface area contributed by atoms with E-state index in [-0.39, 0.29) is 0 Å². The largest absolute Gasteiger partial charge is 0.494 e. The molecule has 78 valence electrons. The maximum Gasteiger partial charge on any atom is 0.492 e. The van der Waals surface area contributed by atoms with Crippen molar-refractivity contribution in [2.75, 3.05) is 6.61 Å². The Bertz CT molecular complexity index is 467. The van der Waals surface area contributed by atoms with Crippen molar-refractivity contribution >= 4 is 23.5 Å². The second-order valence-electron chi connectivity index (χ2n) is 3.22. The van der Waals surface area contributed by atoms with Crippen molar-refractivity contribution in [2.45, 2.75) is 6.92 Å². The molecule has 0 bridgehead atoms. The number of nitrogens with one attached hydrogen (secondary N) is 1. The molecular formula is C10H12BNO3. The van der Waals surface area contributed by atoms with Gasteiger partial charge in [-0.1, -0.05) is 0 Å². The molecule has 5 heteroatoms. The quantitative estimate of drug-likeness (QED) is 0.629. The molecule has 0 aliphatic heterocycles. The Morgan fingerprint density at radius 3 is 2.80 bits per heavy atom. The summed E-state index contributed by atoms with van der Waals surface area (Å²) in [7, 11) is -1.52. The Kier molecular flexibility index (Phi) is 2.66. The zero-order valence-corrected chi connectivity index (χ0v) is 8.40. The zero-order valence-electron chi connectivity index (χ0n) is 8.40. The molecule has 1 aromatic carbocycles. The normalized spacial score (nSPS) is 10.6. The highest BCUT2D eigenvalue weighted by Crippen LogP contribution is 2.17. The van der Waals surface area contributed by atoms with Crippen LogP contribution in [-0.2, 0) is 0 Å². The van der Waals surface area contributed by atoms with E-state index in [1.807, 2.05) is 13.0 Å². The molecule has 0 atom stereocenters. The van der Waals surface area contributed by atoms with E-state index in [9.17, 15) is 10.0 Å². The first-order valence-electron chi connectivity index (χ1n) is 4.83. The molecule has 1 heterocycles. The van der Waals surface area contributed by atoms with Crippen molar-refractivity contribution in [1.82, 2.24) is 4.98 Å². The van der Waals surface area contributed by atoms with Crippen LogP contribution in [0.3, 0.4) is 0 Å². The summed E-state index contributed by atoms with van der Waals surface area (Å²) in [5.74, 6) is 0.514. The molecule has 0 aliphatic carbocycles. The summed E-state index contributed by atoms with van der Waals surface area (Å²) in [6.45, 7) is 2.35. The fourth-order valence-electron chi connectivity index (χ4n) is 1.68. The second-order valence-corrected chi connectivity index (χ2v) is 3.22. The maximum absolute atomic E-state index is 9.31. The molecule has 0 amide bonds. The van der Waals surface area contributed by atoms with Gasteiger partial charge in [0.05, 0.1) is 6.61 Å². The van der Waals surface area contributed by atoms with Crippen LogP contribution in [0, 0.1) is 0 Å². The van der Waals surface area contributed by atoms with Crippen molar-refractivity contribution in [3.05, 3.63) is 24.4 Å². The average molecular weight is 205 g/mol. The van der Waals surface area contributed by atoms with Crippen LogP contribution in [0.1, 0.15) is 6.92 Å². The highest BCUT2D eigenvalue weighted by molar-refractivity contribution is 6.63. The first-order valence-corrected chi connectivity index (χ1v) is 4.83. The molecule has 0 unspecified atom stereocenters. The number of benzene rings is 1. The molecule has 0 saturated carbocycles. The lowest BCUT2D eigenvalue weighted by molar-refractivity contribution is 0.340. The van der Waals surface area contributed by atoms with E-state index in [0.29, 0.717) is 17.8 Å². The monoisotopic (exact) mass is 205 g/mol. The topological polar surface area (TPSA) is 65.5 Å². The predicted molar refractivity (Wildman–Crippen MR) is 59.3 cm³/mol. The van der Waals surface area contributed by atoms with Gasteiger partial charge < -0.3 is 19.8 Å². The molecular weight excluding hydrogens is 193 g/mol. The van der Waals surface area contributed by atoms with E-state index in [0.717, 1.165) is 10.9 Å². The molecule has 0 fully saturated rings. The average Bonchev–Trinajstić information content (AvgIpc) is 2.64. The van der Waals surface area contributed by atoms with Crippen LogP contribution in [0.25, 0.3) is 10.9 Å². The van der Waals surface area contributed by atoms with Gasteiger partial charge in [-0.3, -0.25) is 0 Å². The first-order chi connectivity index (χ1) is 7.24. The summed E-state index contributed by atoms with van der Waals surface area (Å²) in [4.78, 5) is 3.01. The van der Waals surface area contributed by atoms with Gasteiger partial charge in [0, 0.05) is 22.6 Å². The summed E-state index contributed by atoms with van der Waals surface area (Å²) in [5.41, 5.74) is 1.28. The van der Waals surface area contributed by atoms with E-state index in [4.69, 9.17) is 4.74 Å². The number of ether oxygens (including phenoxy) is 1. The van der Waals surface area contributed by atoms with Crippen molar-refractivity contribution in [1.29, 1.82) is 0 Å². The van der Waals surface area contributed by atoms with Gasteiger partial charge >= 0.3 is 7.12 Å². The van der Waals surface area contributed by atoms with Crippen molar-refractivity contribution in [2.24, 2.45) is 0 Å². The highest BCUT2D eigenvalue weighted by Gasteiger charge is 2.20. The van der Waals surface area contributed by atoms with Crippen LogP contribution in [0.15, 0.2) is 24.4 Å². The molecule has 4 nitrogen and oxygen atoms in total. The molecule has 3 N–H and O–H groups in total. The van der Waals surface area contributed by atoms with Gasteiger partial charge in [-0.15, -0.1) is 0 Å². The van der Waals surface area contributed by atoms with Crippen LogP contribution in [-0.4, -0.2) is 28.8 Å². The minimum absolute atomic E-state index is 0.413. The van der Waals surface area contributed by atoms with Crippen LogP contribution in [0.4, 0.5) is 0 Å². The van der Waals surface area contributed by atoms with Gasteiger partial charge in [-0.05, 0) is 25.1 Å². The number of hydrogen-bond acceptors (Lipinski definition) is 3. The Balaban J connectivity index is 2.64. The van der Waals surface area contributed by atoms with Crippen molar-refractivity contribution in [3.8, 4) is 5.75 Å². The molecule has 0 radical (unpaired) electrons. The second kappa shape index (κ2) is 3.96. The highest BCUT2D eigenvalue weighted by atomic mass is 16.5. The Hall–Kier alpha value is -1.46. The third kappa shape index (κ3) is 1.71. The van der Waals surface area contributed by atoms with Gasteiger partial charge in [-0.2, -0.15) is 0 Å². The lowest BCUT2D eigenvalue weighted by Gasteiger charge is -2.10. The SMILES string of the molecule is CCOc1ccc2[nH]ccc2c1B(O)O. The van der Waals surface area contributed by atoms with E-state index in [2.05, 4.69) is 4.98 Å². The summed E-state index contributed by atoms with van der Waals surface area (Å²) >= 11 is 0. The Labute approximate surface area is 87.6 Å². The van der Waals surface area contributed by atoms with Crippen molar-refractivity contribution in [3.63, 3.8) is 0 Å². The first kappa shape index (κ1) is 10.1. The number of fused-ring (bicyclic) bond motifs is 1. The third-order valence-corrected chi connectivity index (χ3v) is 2.29. The number of H-pyrrole nitrogens is 1. The summed E-state index contributed by atoms with van der Waals surface area (Å²) < 4.78 is 5.34. The van der Waals surface area contributed by atoms with Crippen LogP contribution >= 0.6 is 0 Å². The van der Waals surface area contributed by atoms with Gasteiger partial charge in [0.1, 0.15) is 5.75 Å². The minimum Gasteiger partial charge on any atom is -0.494 e. The molecule has 2 rings (SSSR count). The summed E-state index contributed by atoms with van der Waals surface area (Å²) in [5, 5.41) is 19.4. The number of aromatic amines is 1. The molecule has 0 aliphatic rings. The van der Waals surface area contributed by atoms with E-state index in [1.165, 1.54) is 0 Å². The Morgan fingerprint density at radius 2 is 2.13 bits per heavy atom. The van der Waals surface area contributed by atoms with Crippen LogP contribution < -0.4 is 10.2 Å². The summed E-state index contributed by atoms with van der Waals surface area (Å²) in [6, 6.07) is 5.38. The van der Waals surface area contributed by atoms with E-state index >= 15 is 0 Å². The predicted octanol–water partition coefficient (Wildman–Crippen LogP) is 0.246. The van der Waals surface area contributed by atoms with Crippen molar-refractivity contribution < 1.29 is 14.8 Å². The number of aromatic nitrogens is 1. The fourth-order valence-corrected chi connectivity index (χ4v) is 1.68. The maximum atomic E-state index is 9.31. The Morgan fingerprint density at radius 1 is 1.33 bits per heavy atom. The number of rotatable bonds is 3. The lowest BCUT2D eigenvalue weighted by atomic mass is 9.77. The van der Waals surface area contributed by atoms with Crippen LogP contribution in [0.5, 0.6) is 5.75 Å². The lowest BCUT2D eigenvalue weighted by Crippen LogP contribution is -2.32. The van der Waals surface area contributed by atoms with E-state index in [1.54, 1.807) is 18.3 Å². The molecule has 0 saturated heterocycles. The van der Waals surface area contributed by atoms with Gasteiger partial charge in [-0.25, -0.2) is 0 Å². The third-order valence-electron chi connectivity index (χ3n) is 2.29. The molecule has 1 aromatic heterocycles. The molecule has 0 spiro atoms. The minimum atomic E-state index is -1.52. The van der Waals surface area contributed by atoms with Crippen LogP contribution in [0.2, 0.25) is 0 Å². The summed E-state index contributed by atoms with van der Waals surface area (Å²) in [6.07, 6.45) is 1.76. The smallest absolute Gasteiger partial charge is 0.492 e. The van der Waals surface area contributed by atoms with Gasteiger partial charge in [0.25, 0.3) is 0 Å². The van der Waals surface area contributed by atoms with E-state index < -0.39 is 7.12 Å². The number of hydrogen-bond donors (Lipinski definition) is 3. The zero-order chi connectivity index (χ0) is 10.8. The molecule has 2 aromatic rings. The standard InChI is InChI=1S/C10H12BNO3/c1-2-15-9-4-3-8-7(5-6-12-8)10(9)11(13)14/h3-6,12-14H,2H2,1H3. The fraction of sp³-hybridized carbons (Fsp3) is 0.200. The van der Waals surface area contributed by atoms with Gasteiger partial charge in [0.2, 0.25) is 0 Å². The van der Waals surface area contributed by atoms with Gasteiger partial charge in [0.15, 0.2) is 0 Å².